The number of ether oxygens (including phenoxy) is 7. The van der Waals surface area contributed by atoms with Gasteiger partial charge in [0.15, 0.2) is 35.4 Å². The van der Waals surface area contributed by atoms with Crippen molar-refractivity contribution in [3.8, 4) is 0 Å². The molecule has 25 heteroatoms. The topological polar surface area (TPSA) is 354 Å². The van der Waals surface area contributed by atoms with E-state index in [9.17, 15) is 64.2 Å². The predicted molar refractivity (Wildman–Crippen MR) is 221 cm³/mol. The van der Waals surface area contributed by atoms with Gasteiger partial charge in [0.1, 0.15) is 64.6 Å². The van der Waals surface area contributed by atoms with Gasteiger partial charge < -0.3 is 69.1 Å². The smallest absolute Gasteiger partial charge is 0.341 e. The van der Waals surface area contributed by atoms with Crippen LogP contribution < -0.4 is 5.32 Å². The van der Waals surface area contributed by atoms with E-state index in [-0.39, 0.29) is 16.5 Å². The van der Waals surface area contributed by atoms with Crippen molar-refractivity contribution < 1.29 is 97.4 Å². The van der Waals surface area contributed by atoms with Crippen LogP contribution in [0.15, 0.2) is 16.3 Å². The minimum absolute atomic E-state index is 0.161. The van der Waals surface area contributed by atoms with E-state index in [4.69, 9.17) is 38.6 Å². The van der Waals surface area contributed by atoms with Crippen molar-refractivity contribution in [2.24, 2.45) is 10.9 Å². The lowest BCUT2D eigenvalue weighted by atomic mass is 9.74. The minimum atomic E-state index is -3.08. The zero-order valence-corrected chi connectivity index (χ0v) is 37.8. The molecule has 23 nitrogen and oxygen atoms in total. The molecule has 0 saturated carbocycles. The Morgan fingerprint density at radius 2 is 1.73 bits per heavy atom. The number of hydrogen-bond acceptors (Lipinski definition) is 22. The molecule has 1 amide bonds. The van der Waals surface area contributed by atoms with Gasteiger partial charge in [0.05, 0.1) is 24.5 Å². The third kappa shape index (κ3) is 11.2. The first-order valence-corrected chi connectivity index (χ1v) is 22.0. The zero-order chi connectivity index (χ0) is 48.2. The van der Waals surface area contributed by atoms with Crippen molar-refractivity contribution in [2.45, 2.75) is 151 Å². The standard InChI is InChI=1S/C39H55N3O20S2/c1-9-14(2)35(52)59-17(5)39(55)16(4)58-24(10-23(39)56-8)61-30-28(46)32(38(54)11-21(45)26(40)25(31(38)47)34(50)51)60-22(12-57-19(7)44)29(30)62-36(53)27-15(3)64-37(42-27)63-13-20(33(48)49)41-18(6)43/h14-17,20,22-24,27-30,32,40,46-47,54-55H,9-13H2,1-8H3,(H,41,43)(H,48,49)(H,50,51)/t14-,15+,16+,17+,20+,22+,23+,24+,27+,28+,29+,30-,32+,38-,39+/m0/s1. The number of carbonyl (C=O) groups is 7. The molecule has 4 aliphatic rings. The third-order valence-corrected chi connectivity index (χ3v) is 13.8. The zero-order valence-electron chi connectivity index (χ0n) is 36.2. The summed E-state index contributed by atoms with van der Waals surface area (Å²) in [6.07, 6.45) is -16.3. The number of aliphatic hydroxyl groups is 4. The van der Waals surface area contributed by atoms with Crippen LogP contribution in [0.1, 0.15) is 67.7 Å². The fraction of sp³-hybridized carbons (Fsp3) is 0.718. The van der Waals surface area contributed by atoms with Gasteiger partial charge >= 0.3 is 29.8 Å². The van der Waals surface area contributed by atoms with Crippen LogP contribution in [0.25, 0.3) is 0 Å². The van der Waals surface area contributed by atoms with Crippen LogP contribution in [0.4, 0.5) is 0 Å². The van der Waals surface area contributed by atoms with Gasteiger partial charge in [-0.3, -0.25) is 29.6 Å². The van der Waals surface area contributed by atoms with E-state index in [1.54, 1.807) is 20.8 Å². The van der Waals surface area contributed by atoms with Crippen LogP contribution in [0.5, 0.6) is 0 Å². The first-order valence-electron chi connectivity index (χ1n) is 20.1. The number of amides is 1. The highest BCUT2D eigenvalue weighted by Crippen LogP contribution is 2.43. The van der Waals surface area contributed by atoms with Crippen LogP contribution in [0, 0.1) is 11.3 Å². The number of aliphatic imine (C=N–C) groups is 1. The van der Waals surface area contributed by atoms with Gasteiger partial charge in [-0.15, -0.1) is 0 Å². The summed E-state index contributed by atoms with van der Waals surface area (Å²) in [5.41, 5.74) is -7.53. The predicted octanol–water partition coefficient (Wildman–Crippen LogP) is -0.364. The largest absolute Gasteiger partial charge is 0.508 e. The van der Waals surface area contributed by atoms with Gasteiger partial charge in [-0.2, -0.15) is 0 Å². The second-order valence-corrected chi connectivity index (χ2v) is 18.5. The van der Waals surface area contributed by atoms with Crippen molar-refractivity contribution in [3.63, 3.8) is 0 Å². The summed E-state index contributed by atoms with van der Waals surface area (Å²) in [6.45, 7) is 9.26. The average Bonchev–Trinajstić information content (AvgIpc) is 3.59. The van der Waals surface area contributed by atoms with Gasteiger partial charge in [0.2, 0.25) is 5.91 Å². The van der Waals surface area contributed by atoms with E-state index in [0.717, 1.165) is 37.4 Å². The second-order valence-electron chi connectivity index (χ2n) is 15.8. The van der Waals surface area contributed by atoms with Gasteiger partial charge in [0, 0.05) is 38.4 Å². The van der Waals surface area contributed by atoms with E-state index in [1.807, 2.05) is 0 Å². The molecular weight excluding hydrogens is 895 g/mol. The molecule has 1 aliphatic carbocycles. The maximum Gasteiger partial charge on any atom is 0.341 e. The van der Waals surface area contributed by atoms with Crippen LogP contribution in [-0.4, -0.2) is 185 Å². The van der Waals surface area contributed by atoms with E-state index < -0.39 is 161 Å². The van der Waals surface area contributed by atoms with Crippen LogP contribution >= 0.6 is 23.5 Å². The summed E-state index contributed by atoms with van der Waals surface area (Å²) in [7, 11) is 1.25. The van der Waals surface area contributed by atoms with Gasteiger partial charge in [-0.25, -0.2) is 14.4 Å². The van der Waals surface area contributed by atoms with Crippen molar-refractivity contribution in [3.05, 3.63) is 11.3 Å². The fourth-order valence-electron chi connectivity index (χ4n) is 7.56. The number of nitrogens with zero attached hydrogens (tertiary/aromatic N) is 1. The molecule has 358 valence electrons. The summed E-state index contributed by atoms with van der Waals surface area (Å²) in [4.78, 5) is 91.7. The Morgan fingerprint density at radius 1 is 1.08 bits per heavy atom. The van der Waals surface area contributed by atoms with Gasteiger partial charge in [-0.05, 0) is 20.3 Å². The van der Waals surface area contributed by atoms with E-state index >= 15 is 0 Å². The molecule has 2 fully saturated rings. The molecule has 0 unspecified atom stereocenters. The molecule has 0 bridgehead atoms. The number of aliphatic carboxylic acids is 2. The second kappa shape index (κ2) is 21.4. The molecule has 3 aliphatic heterocycles. The summed E-state index contributed by atoms with van der Waals surface area (Å²) >= 11 is 2.03. The lowest BCUT2D eigenvalue weighted by Gasteiger charge is -2.52. The monoisotopic (exact) mass is 949 g/mol. The summed E-state index contributed by atoms with van der Waals surface area (Å²) < 4.78 is 41.0. The number of carboxylic acid groups (broad SMARTS) is 2. The van der Waals surface area contributed by atoms with Crippen molar-refractivity contribution in [1.29, 1.82) is 5.41 Å². The Morgan fingerprint density at radius 3 is 2.30 bits per heavy atom. The molecule has 15 atom stereocenters. The summed E-state index contributed by atoms with van der Waals surface area (Å²) in [5, 5.41) is 76.2. The lowest BCUT2D eigenvalue weighted by molar-refractivity contribution is -0.345. The quantitative estimate of drug-likeness (QED) is 0.0681. The van der Waals surface area contributed by atoms with Crippen molar-refractivity contribution >= 4 is 75.1 Å². The van der Waals surface area contributed by atoms with Crippen LogP contribution in [0.3, 0.4) is 0 Å². The lowest BCUT2D eigenvalue weighted by Crippen LogP contribution is -2.70. The molecule has 64 heavy (non-hydrogen) atoms. The molecule has 3 heterocycles. The first kappa shape index (κ1) is 52.4. The average molecular weight is 950 g/mol. The van der Waals surface area contributed by atoms with E-state index in [1.165, 1.54) is 21.0 Å². The number of carbonyl (C=O) groups excluding carboxylic acids is 5. The molecule has 0 aromatic rings. The molecule has 0 spiro atoms. The van der Waals surface area contributed by atoms with Crippen molar-refractivity contribution in [2.75, 3.05) is 19.5 Å². The number of methoxy groups -OCH3 is 1. The summed E-state index contributed by atoms with van der Waals surface area (Å²) in [6, 6.07) is -2.58. The highest BCUT2D eigenvalue weighted by molar-refractivity contribution is 8.39. The Bertz CT molecular complexity index is 1920. The van der Waals surface area contributed by atoms with E-state index in [2.05, 4.69) is 10.3 Å². The number of aliphatic hydroxyl groups excluding tert-OH is 2. The highest BCUT2D eigenvalue weighted by atomic mass is 32.2. The van der Waals surface area contributed by atoms with Gasteiger partial charge in [0.25, 0.3) is 0 Å². The molecule has 4 rings (SSSR count). The van der Waals surface area contributed by atoms with Crippen LogP contribution in [-0.2, 0) is 66.7 Å². The molecular formula is C39H55N3O20S2. The molecule has 0 aromatic carbocycles. The molecule has 0 radical (unpaired) electrons. The highest BCUT2D eigenvalue weighted by Gasteiger charge is 2.62. The normalized spacial score (nSPS) is 34.5. The molecule has 8 N–H and O–H groups in total. The number of carboxylic acids is 2. The Hall–Kier alpha value is -4.21. The molecule has 2 saturated heterocycles. The number of rotatable bonds is 17. The Balaban J connectivity index is 1.76. The number of nitrogens with one attached hydrogen (secondary N) is 2. The van der Waals surface area contributed by atoms with Gasteiger partial charge in [-0.1, -0.05) is 44.3 Å². The van der Waals surface area contributed by atoms with Crippen LogP contribution in [0.2, 0.25) is 0 Å². The third-order valence-electron chi connectivity index (χ3n) is 11.4. The summed E-state index contributed by atoms with van der Waals surface area (Å²) in [5.74, 6) is -9.78. The number of Topliss-reactive ketones (excluding diaryl/α,β-unsaturated/α-hetero) is 1. The Labute approximate surface area is 375 Å². The number of hydrogen-bond donors (Lipinski definition) is 8. The maximum absolute atomic E-state index is 14.1. The van der Waals surface area contributed by atoms with E-state index in [0.29, 0.717) is 6.42 Å². The van der Waals surface area contributed by atoms with Crippen molar-refractivity contribution in [1.82, 2.24) is 5.32 Å². The minimum Gasteiger partial charge on any atom is -0.508 e. The fourth-order valence-corrected chi connectivity index (χ4v) is 10.0. The maximum atomic E-state index is 14.1. The number of ketones is 1. The Kier molecular flexibility index (Phi) is 17.5. The number of esters is 3. The molecule has 0 aromatic heterocycles. The SMILES string of the molecule is CC[C@H](C)C(=O)O[C@H](C)[C@]1(O)[C@@H](C)O[C@H](O[C@H]2[C@@H](O)[C@H]([C@]3(O)CC(=O)C(=N)C(C(=O)O)=C3O)O[C@H](COC(C)=O)[C@H]2OC(=O)[C@@H]2N=C(SC[C@@H](NC(C)=O)C(=O)O)S[C@@H]2C)C[C@H]1OC. The first-order chi connectivity index (χ1) is 29.8. The number of thioether (sulfide) groups is 2.